The molecule has 0 spiro atoms. The minimum absolute atomic E-state index is 0.549. The monoisotopic (exact) mass is 338 g/mol. The molecule has 0 aromatic carbocycles. The first-order chi connectivity index (χ1) is 10.7. The van der Waals surface area contributed by atoms with Crippen LogP contribution < -0.4 is 15.1 Å². The van der Waals surface area contributed by atoms with E-state index in [1.54, 1.807) is 18.6 Å². The molecular weight excluding hydrogens is 323 g/mol. The van der Waals surface area contributed by atoms with Gasteiger partial charge in [0.15, 0.2) is 0 Å². The normalized spacial score (nSPS) is 15.0. The predicted molar refractivity (Wildman–Crippen MR) is 90.3 cm³/mol. The number of halogens is 2. The number of piperazine rings is 1. The van der Waals surface area contributed by atoms with Crippen molar-refractivity contribution in [2.45, 2.75) is 0 Å². The van der Waals surface area contributed by atoms with E-state index < -0.39 is 0 Å². The Kier molecular flexibility index (Phi) is 4.49. The van der Waals surface area contributed by atoms with Crippen molar-refractivity contribution in [3.8, 4) is 0 Å². The molecule has 2 aromatic rings. The van der Waals surface area contributed by atoms with Gasteiger partial charge in [-0.25, -0.2) is 15.0 Å². The van der Waals surface area contributed by atoms with E-state index in [2.05, 4.69) is 30.1 Å². The Hall–Kier alpha value is -1.79. The molecule has 2 aromatic heterocycles. The van der Waals surface area contributed by atoms with E-state index in [4.69, 9.17) is 23.2 Å². The maximum atomic E-state index is 6.22. The first-order valence-corrected chi connectivity index (χ1v) is 7.73. The number of nitrogens with one attached hydrogen (secondary N) is 1. The zero-order chi connectivity index (χ0) is 15.5. The molecular formula is C14H16Cl2N6. The third-order valence-electron chi connectivity index (χ3n) is 3.60. The second-order valence-electron chi connectivity index (χ2n) is 4.94. The molecule has 1 fully saturated rings. The van der Waals surface area contributed by atoms with Crippen LogP contribution in [0.5, 0.6) is 0 Å². The second kappa shape index (κ2) is 6.54. The number of anilines is 3. The first kappa shape index (κ1) is 15.1. The molecule has 0 unspecified atom stereocenters. The fourth-order valence-electron chi connectivity index (χ4n) is 2.44. The summed E-state index contributed by atoms with van der Waals surface area (Å²) in [7, 11) is 1.85. The van der Waals surface area contributed by atoms with Crippen LogP contribution in [0.4, 0.5) is 17.5 Å². The Morgan fingerprint density at radius 3 is 2.41 bits per heavy atom. The number of nitrogens with zero attached hydrogens (tertiary/aromatic N) is 5. The van der Waals surface area contributed by atoms with Crippen LogP contribution in [0.3, 0.4) is 0 Å². The molecule has 1 saturated heterocycles. The fourth-order valence-corrected chi connectivity index (χ4v) is 2.94. The van der Waals surface area contributed by atoms with Crippen LogP contribution in [0.1, 0.15) is 0 Å². The summed E-state index contributed by atoms with van der Waals surface area (Å²) in [6.45, 7) is 3.35. The van der Waals surface area contributed by atoms with Crippen molar-refractivity contribution >= 4 is 40.7 Å². The summed E-state index contributed by atoms with van der Waals surface area (Å²) < 4.78 is 0. The second-order valence-corrected chi connectivity index (χ2v) is 5.79. The zero-order valence-electron chi connectivity index (χ0n) is 12.1. The van der Waals surface area contributed by atoms with Gasteiger partial charge in [-0.2, -0.15) is 0 Å². The zero-order valence-corrected chi connectivity index (χ0v) is 13.6. The molecule has 3 rings (SSSR count). The molecule has 3 heterocycles. The fraction of sp³-hybridized carbons (Fsp3) is 0.357. The van der Waals surface area contributed by atoms with Crippen molar-refractivity contribution in [3.05, 3.63) is 34.7 Å². The van der Waals surface area contributed by atoms with Gasteiger partial charge in [0.2, 0.25) is 0 Å². The lowest BCUT2D eigenvalue weighted by atomic mass is 10.3. The molecule has 0 saturated carbocycles. The third kappa shape index (κ3) is 3.18. The predicted octanol–water partition coefficient (Wildman–Crippen LogP) is 2.55. The molecule has 8 heteroatoms. The summed E-state index contributed by atoms with van der Waals surface area (Å²) in [5.41, 5.74) is 0. The van der Waals surface area contributed by atoms with Gasteiger partial charge in [-0.05, 0) is 6.07 Å². The van der Waals surface area contributed by atoms with E-state index in [1.807, 2.05) is 13.1 Å². The summed E-state index contributed by atoms with van der Waals surface area (Å²) in [5, 5.41) is 4.16. The highest BCUT2D eigenvalue weighted by atomic mass is 35.5. The number of aromatic nitrogens is 3. The summed E-state index contributed by atoms with van der Waals surface area (Å²) in [5.74, 6) is 2.52. The number of pyridine rings is 1. The minimum Gasteiger partial charge on any atom is -0.373 e. The van der Waals surface area contributed by atoms with Gasteiger partial charge in [-0.3, -0.25) is 0 Å². The first-order valence-electron chi connectivity index (χ1n) is 6.98. The Balaban J connectivity index is 1.69. The number of hydrogen-bond donors (Lipinski definition) is 1. The molecule has 1 aliphatic rings. The molecule has 6 nitrogen and oxygen atoms in total. The van der Waals surface area contributed by atoms with Gasteiger partial charge in [0.25, 0.3) is 0 Å². The molecule has 0 radical (unpaired) electrons. The van der Waals surface area contributed by atoms with Crippen molar-refractivity contribution in [1.82, 2.24) is 15.0 Å². The molecule has 0 atom stereocenters. The Morgan fingerprint density at radius 2 is 1.73 bits per heavy atom. The van der Waals surface area contributed by atoms with Crippen LogP contribution in [-0.2, 0) is 0 Å². The van der Waals surface area contributed by atoms with Crippen molar-refractivity contribution < 1.29 is 0 Å². The summed E-state index contributed by atoms with van der Waals surface area (Å²) in [4.78, 5) is 17.2. The summed E-state index contributed by atoms with van der Waals surface area (Å²) >= 11 is 12.1. The van der Waals surface area contributed by atoms with Crippen LogP contribution in [0.25, 0.3) is 0 Å². The molecule has 116 valence electrons. The van der Waals surface area contributed by atoms with Gasteiger partial charge >= 0.3 is 0 Å². The standard InChI is InChI=1S/C14H16Cl2N6/c1-17-12-7-13(20-9-19-12)21-2-4-22(5-3-21)14-11(16)6-10(15)8-18-14/h6-9H,2-5H2,1H3,(H,17,19,20). The van der Waals surface area contributed by atoms with Crippen LogP contribution in [0, 0.1) is 0 Å². The van der Waals surface area contributed by atoms with Gasteiger partial charge < -0.3 is 15.1 Å². The van der Waals surface area contributed by atoms with E-state index in [-0.39, 0.29) is 0 Å². The molecule has 0 bridgehead atoms. The topological polar surface area (TPSA) is 57.2 Å². The van der Waals surface area contributed by atoms with E-state index in [1.165, 1.54) is 0 Å². The maximum absolute atomic E-state index is 6.22. The Labute approximate surface area is 139 Å². The lowest BCUT2D eigenvalue weighted by Gasteiger charge is -2.36. The smallest absolute Gasteiger partial charge is 0.147 e. The van der Waals surface area contributed by atoms with Crippen molar-refractivity contribution in [3.63, 3.8) is 0 Å². The average molecular weight is 339 g/mol. The highest BCUT2D eigenvalue weighted by Gasteiger charge is 2.21. The Bertz CT molecular complexity index is 658. The quantitative estimate of drug-likeness (QED) is 0.928. The summed E-state index contributed by atoms with van der Waals surface area (Å²) in [6, 6.07) is 3.67. The lowest BCUT2D eigenvalue weighted by molar-refractivity contribution is 0.641. The minimum atomic E-state index is 0.549. The van der Waals surface area contributed by atoms with E-state index in [0.29, 0.717) is 10.0 Å². The van der Waals surface area contributed by atoms with Gasteiger partial charge in [0.1, 0.15) is 23.8 Å². The molecule has 0 aliphatic carbocycles. The van der Waals surface area contributed by atoms with E-state index in [0.717, 1.165) is 43.6 Å². The van der Waals surface area contributed by atoms with Gasteiger partial charge in [-0.15, -0.1) is 0 Å². The molecule has 0 amide bonds. The van der Waals surface area contributed by atoms with Crippen LogP contribution in [0.15, 0.2) is 24.7 Å². The highest BCUT2D eigenvalue weighted by molar-refractivity contribution is 6.36. The van der Waals surface area contributed by atoms with Gasteiger partial charge in [-0.1, -0.05) is 23.2 Å². The van der Waals surface area contributed by atoms with Crippen molar-refractivity contribution in [2.24, 2.45) is 0 Å². The van der Waals surface area contributed by atoms with Crippen LogP contribution >= 0.6 is 23.2 Å². The highest BCUT2D eigenvalue weighted by Crippen LogP contribution is 2.27. The third-order valence-corrected chi connectivity index (χ3v) is 4.09. The van der Waals surface area contributed by atoms with Gasteiger partial charge in [0, 0.05) is 45.5 Å². The summed E-state index contributed by atoms with van der Waals surface area (Å²) in [6.07, 6.45) is 3.20. The van der Waals surface area contributed by atoms with E-state index >= 15 is 0 Å². The van der Waals surface area contributed by atoms with Crippen LogP contribution in [0.2, 0.25) is 10.0 Å². The molecule has 1 N–H and O–H groups in total. The molecule has 22 heavy (non-hydrogen) atoms. The Morgan fingerprint density at radius 1 is 1.00 bits per heavy atom. The van der Waals surface area contributed by atoms with E-state index in [9.17, 15) is 0 Å². The van der Waals surface area contributed by atoms with Gasteiger partial charge in [0.05, 0.1) is 10.0 Å². The van der Waals surface area contributed by atoms with Crippen molar-refractivity contribution in [2.75, 3.05) is 48.3 Å². The number of hydrogen-bond acceptors (Lipinski definition) is 6. The average Bonchev–Trinajstić information content (AvgIpc) is 2.55. The largest absolute Gasteiger partial charge is 0.373 e. The number of rotatable bonds is 3. The van der Waals surface area contributed by atoms with Crippen molar-refractivity contribution in [1.29, 1.82) is 0 Å². The lowest BCUT2D eigenvalue weighted by Crippen LogP contribution is -2.47. The molecule has 1 aliphatic heterocycles. The maximum Gasteiger partial charge on any atom is 0.147 e. The SMILES string of the molecule is CNc1cc(N2CCN(c3ncc(Cl)cc3Cl)CC2)ncn1. The van der Waals surface area contributed by atoms with Crippen LogP contribution in [-0.4, -0.2) is 48.2 Å².